The molecular formula is C12H12F3NO. The summed E-state index contributed by atoms with van der Waals surface area (Å²) < 4.78 is 36.9. The SMILES string of the molecule is O=C(Cc1ccc(C(F)(F)F)cc1)N1CCC1. The van der Waals surface area contributed by atoms with Crippen LogP contribution in [0.3, 0.4) is 0 Å². The highest BCUT2D eigenvalue weighted by Crippen LogP contribution is 2.29. The maximum atomic E-state index is 12.3. The molecule has 0 unspecified atom stereocenters. The van der Waals surface area contributed by atoms with Crippen molar-refractivity contribution in [3.05, 3.63) is 35.4 Å². The number of carbonyl (C=O) groups is 1. The van der Waals surface area contributed by atoms with E-state index in [1.165, 1.54) is 12.1 Å². The molecule has 92 valence electrons. The van der Waals surface area contributed by atoms with Crippen molar-refractivity contribution in [1.29, 1.82) is 0 Å². The lowest BCUT2D eigenvalue weighted by Gasteiger charge is -2.30. The van der Waals surface area contributed by atoms with Crippen LogP contribution in [0.5, 0.6) is 0 Å². The molecule has 1 aromatic rings. The first kappa shape index (κ1) is 12.0. The number of alkyl halides is 3. The number of rotatable bonds is 2. The molecule has 1 aliphatic heterocycles. The molecule has 1 aromatic carbocycles. The number of benzene rings is 1. The van der Waals surface area contributed by atoms with Gasteiger partial charge in [0.25, 0.3) is 0 Å². The first-order valence-corrected chi connectivity index (χ1v) is 5.41. The molecule has 2 nitrogen and oxygen atoms in total. The van der Waals surface area contributed by atoms with Crippen molar-refractivity contribution < 1.29 is 18.0 Å². The third-order valence-corrected chi connectivity index (χ3v) is 2.85. The number of hydrogen-bond acceptors (Lipinski definition) is 1. The average Bonchev–Trinajstić information content (AvgIpc) is 2.13. The standard InChI is InChI=1S/C12H12F3NO/c13-12(14,15)10-4-2-9(3-5-10)8-11(17)16-6-1-7-16/h2-5H,1,6-8H2. The van der Waals surface area contributed by atoms with Crippen LogP contribution in [0.1, 0.15) is 17.5 Å². The van der Waals surface area contributed by atoms with Gasteiger partial charge in [-0.15, -0.1) is 0 Å². The topological polar surface area (TPSA) is 20.3 Å². The Balaban J connectivity index is 2.00. The van der Waals surface area contributed by atoms with Gasteiger partial charge in [0.05, 0.1) is 12.0 Å². The Hall–Kier alpha value is -1.52. The predicted octanol–water partition coefficient (Wildman–Crippen LogP) is 2.48. The summed E-state index contributed by atoms with van der Waals surface area (Å²) in [6, 6.07) is 4.75. The molecule has 2 rings (SSSR count). The zero-order valence-corrected chi connectivity index (χ0v) is 9.13. The van der Waals surface area contributed by atoms with Crippen LogP contribution in [0.25, 0.3) is 0 Å². The van der Waals surface area contributed by atoms with E-state index in [0.29, 0.717) is 5.56 Å². The van der Waals surface area contributed by atoms with Gasteiger partial charge in [-0.3, -0.25) is 4.79 Å². The van der Waals surface area contributed by atoms with Gasteiger partial charge in [-0.05, 0) is 24.1 Å². The Morgan fingerprint density at radius 2 is 1.76 bits per heavy atom. The minimum Gasteiger partial charge on any atom is -0.342 e. The van der Waals surface area contributed by atoms with E-state index in [1.54, 1.807) is 4.90 Å². The molecule has 1 fully saturated rings. The van der Waals surface area contributed by atoms with Crippen molar-refractivity contribution in [2.24, 2.45) is 0 Å². The fourth-order valence-corrected chi connectivity index (χ4v) is 1.66. The van der Waals surface area contributed by atoms with Crippen LogP contribution in [-0.2, 0) is 17.4 Å². The van der Waals surface area contributed by atoms with Crippen molar-refractivity contribution in [2.45, 2.75) is 19.0 Å². The number of nitrogens with zero attached hydrogens (tertiary/aromatic N) is 1. The van der Waals surface area contributed by atoms with Crippen molar-refractivity contribution >= 4 is 5.91 Å². The first-order valence-electron chi connectivity index (χ1n) is 5.41. The van der Waals surface area contributed by atoms with Crippen LogP contribution >= 0.6 is 0 Å². The molecule has 0 aliphatic carbocycles. The second-order valence-electron chi connectivity index (χ2n) is 4.11. The summed E-state index contributed by atoms with van der Waals surface area (Å²) in [5.41, 5.74) is -0.0625. The molecule has 0 radical (unpaired) electrons. The summed E-state index contributed by atoms with van der Waals surface area (Å²) in [6.45, 7) is 1.53. The van der Waals surface area contributed by atoms with Crippen LogP contribution in [0, 0.1) is 0 Å². The summed E-state index contributed by atoms with van der Waals surface area (Å²) in [5, 5.41) is 0. The van der Waals surface area contributed by atoms with E-state index in [1.807, 2.05) is 0 Å². The summed E-state index contributed by atoms with van der Waals surface area (Å²) in [7, 11) is 0. The molecule has 0 N–H and O–H groups in total. The van der Waals surface area contributed by atoms with Crippen molar-refractivity contribution in [3.63, 3.8) is 0 Å². The zero-order chi connectivity index (χ0) is 12.5. The van der Waals surface area contributed by atoms with Crippen LogP contribution in [0.2, 0.25) is 0 Å². The highest BCUT2D eigenvalue weighted by molar-refractivity contribution is 5.79. The highest BCUT2D eigenvalue weighted by atomic mass is 19.4. The third kappa shape index (κ3) is 2.78. The number of carbonyl (C=O) groups excluding carboxylic acids is 1. The molecule has 1 amide bonds. The van der Waals surface area contributed by atoms with E-state index in [2.05, 4.69) is 0 Å². The van der Waals surface area contributed by atoms with Gasteiger partial charge in [-0.1, -0.05) is 12.1 Å². The summed E-state index contributed by atoms with van der Waals surface area (Å²) in [6.07, 6.45) is -3.13. The Morgan fingerprint density at radius 3 is 2.18 bits per heavy atom. The highest BCUT2D eigenvalue weighted by Gasteiger charge is 2.30. The smallest absolute Gasteiger partial charge is 0.342 e. The van der Waals surface area contributed by atoms with Gasteiger partial charge in [0.15, 0.2) is 0 Å². The predicted molar refractivity (Wildman–Crippen MR) is 56.3 cm³/mol. The Bertz CT molecular complexity index is 407. The van der Waals surface area contributed by atoms with Crippen molar-refractivity contribution in [3.8, 4) is 0 Å². The molecule has 1 saturated heterocycles. The lowest BCUT2D eigenvalue weighted by Crippen LogP contribution is -2.42. The van der Waals surface area contributed by atoms with Crippen LogP contribution < -0.4 is 0 Å². The third-order valence-electron chi connectivity index (χ3n) is 2.85. The second-order valence-corrected chi connectivity index (χ2v) is 4.11. The number of halogens is 3. The largest absolute Gasteiger partial charge is 0.416 e. The van der Waals surface area contributed by atoms with Crippen LogP contribution in [0.4, 0.5) is 13.2 Å². The van der Waals surface area contributed by atoms with E-state index < -0.39 is 11.7 Å². The molecule has 5 heteroatoms. The molecule has 0 aromatic heterocycles. The average molecular weight is 243 g/mol. The van der Waals surface area contributed by atoms with Gasteiger partial charge in [0.1, 0.15) is 0 Å². The Morgan fingerprint density at radius 1 is 1.18 bits per heavy atom. The molecule has 0 saturated carbocycles. The van der Waals surface area contributed by atoms with Crippen molar-refractivity contribution in [2.75, 3.05) is 13.1 Å². The zero-order valence-electron chi connectivity index (χ0n) is 9.13. The Kier molecular flexibility index (Phi) is 3.09. The Labute approximate surface area is 97.0 Å². The molecule has 0 spiro atoms. The normalized spacial score (nSPS) is 15.6. The molecule has 1 heterocycles. The number of likely N-dealkylation sites (tertiary alicyclic amines) is 1. The fraction of sp³-hybridized carbons (Fsp3) is 0.417. The first-order chi connectivity index (χ1) is 7.97. The van der Waals surface area contributed by atoms with Gasteiger partial charge in [0, 0.05) is 13.1 Å². The number of amides is 1. The molecular weight excluding hydrogens is 231 g/mol. The summed E-state index contributed by atoms with van der Waals surface area (Å²) in [5.74, 6) is -0.0176. The molecule has 0 atom stereocenters. The fourth-order valence-electron chi connectivity index (χ4n) is 1.66. The maximum Gasteiger partial charge on any atom is 0.416 e. The van der Waals surface area contributed by atoms with Crippen molar-refractivity contribution in [1.82, 2.24) is 4.90 Å². The van der Waals surface area contributed by atoms with E-state index in [4.69, 9.17) is 0 Å². The van der Waals surface area contributed by atoms with E-state index >= 15 is 0 Å². The quantitative estimate of drug-likeness (QED) is 0.781. The summed E-state index contributed by atoms with van der Waals surface area (Å²) >= 11 is 0. The van der Waals surface area contributed by atoms with Crippen LogP contribution in [0.15, 0.2) is 24.3 Å². The maximum absolute atomic E-state index is 12.3. The number of hydrogen-bond donors (Lipinski definition) is 0. The molecule has 0 bridgehead atoms. The van der Waals surface area contributed by atoms with Gasteiger partial charge >= 0.3 is 6.18 Å². The summed E-state index contributed by atoms with van der Waals surface area (Å²) in [4.78, 5) is 13.3. The molecule has 17 heavy (non-hydrogen) atoms. The second kappa shape index (κ2) is 4.39. The van der Waals surface area contributed by atoms with E-state index in [0.717, 1.165) is 31.6 Å². The minimum atomic E-state index is -4.32. The molecule has 1 aliphatic rings. The van der Waals surface area contributed by atoms with Gasteiger partial charge in [0.2, 0.25) is 5.91 Å². The van der Waals surface area contributed by atoms with Gasteiger partial charge in [-0.2, -0.15) is 13.2 Å². The van der Waals surface area contributed by atoms with E-state index in [-0.39, 0.29) is 12.3 Å². The monoisotopic (exact) mass is 243 g/mol. The van der Waals surface area contributed by atoms with Gasteiger partial charge in [-0.25, -0.2) is 0 Å². The lowest BCUT2D eigenvalue weighted by molar-refractivity contribution is -0.137. The van der Waals surface area contributed by atoms with E-state index in [9.17, 15) is 18.0 Å². The minimum absolute atomic E-state index is 0.0176. The van der Waals surface area contributed by atoms with Crippen LogP contribution in [-0.4, -0.2) is 23.9 Å². The lowest BCUT2D eigenvalue weighted by atomic mass is 10.1. The van der Waals surface area contributed by atoms with Gasteiger partial charge < -0.3 is 4.90 Å².